The number of hydrogen-bond acceptors (Lipinski definition) is 12. The Morgan fingerprint density at radius 1 is 0.235 bits per heavy atom. The van der Waals surface area contributed by atoms with E-state index in [1.165, 1.54) is 134 Å². The predicted octanol–water partition coefficient (Wildman–Crippen LogP) is 21.3. The van der Waals surface area contributed by atoms with E-state index in [9.17, 15) is 0 Å². The van der Waals surface area contributed by atoms with E-state index in [4.69, 9.17) is 0 Å². The summed E-state index contributed by atoms with van der Waals surface area (Å²) in [6.07, 6.45) is 16.8. The maximum absolute atomic E-state index is 3.83. The number of para-hydroxylation sites is 4. The first-order valence-corrected chi connectivity index (χ1v) is 39.6. The molecule has 8 aliphatic rings. The van der Waals surface area contributed by atoms with Crippen molar-refractivity contribution in [1.29, 1.82) is 0 Å². The van der Waals surface area contributed by atoms with Gasteiger partial charge in [-0.25, -0.2) is 0 Å². The number of hydrogen-bond donors (Lipinski definition) is 0. The molecule has 13 aromatic rings. The first-order chi connectivity index (χ1) is 57.1. The van der Waals surface area contributed by atoms with E-state index in [1.54, 1.807) is 0 Å². The van der Waals surface area contributed by atoms with Gasteiger partial charge in [0.05, 0.1) is 0 Å². The fourth-order valence-electron chi connectivity index (χ4n) is 16.0. The molecule has 16 bridgehead atoms. The summed E-state index contributed by atoms with van der Waals surface area (Å²) in [5, 5.41) is 0. The molecule has 594 valence electrons. The molecule has 0 radical (unpaired) electrons. The number of anilines is 4. The van der Waals surface area contributed by atoms with Gasteiger partial charge in [-0.15, -0.1) is 83.5 Å². The van der Waals surface area contributed by atoms with Crippen molar-refractivity contribution in [3.8, 4) is 55.6 Å². The molecule has 0 fully saturated rings. The Bertz CT molecular complexity index is 5150. The van der Waals surface area contributed by atoms with Gasteiger partial charge >= 0.3 is 63.2 Å². The zero-order valence-corrected chi connectivity index (χ0v) is 73.0. The summed E-state index contributed by atoms with van der Waals surface area (Å²) in [6, 6.07) is 125. The van der Waals surface area contributed by atoms with E-state index in [0.29, 0.717) is 0 Å². The van der Waals surface area contributed by atoms with E-state index >= 15 is 0 Å². The Kier molecular flexibility index (Phi) is 27.0. The molecule has 0 amide bonds. The van der Waals surface area contributed by atoms with Crippen LogP contribution in [0.1, 0.15) is 55.6 Å². The Hall–Kier alpha value is -11.5. The van der Waals surface area contributed by atoms with Crippen LogP contribution in [0, 0.1) is 76.4 Å². The van der Waals surface area contributed by atoms with Gasteiger partial charge in [-0.2, -0.15) is 167 Å². The third kappa shape index (κ3) is 20.8. The summed E-state index contributed by atoms with van der Waals surface area (Å²) in [5.41, 5.74) is 28.9. The number of rotatable bonds is 9. The Balaban J connectivity index is 0.000000135. The van der Waals surface area contributed by atoms with Crippen LogP contribution in [0.25, 0.3) is 55.6 Å². The molecule has 0 spiro atoms. The van der Waals surface area contributed by atoms with Crippen LogP contribution in [-0.4, -0.2) is 53.3 Å². The van der Waals surface area contributed by atoms with Crippen molar-refractivity contribution in [2.75, 3.05) is 33.7 Å². The van der Waals surface area contributed by atoms with Gasteiger partial charge in [-0.1, -0.05) is 176 Å². The van der Waals surface area contributed by atoms with E-state index in [0.717, 1.165) is 65.4 Å². The second-order valence-electron chi connectivity index (χ2n) is 30.2. The van der Waals surface area contributed by atoms with Gasteiger partial charge in [0, 0.05) is 22.7 Å². The molecule has 8 heterocycles. The topological polar surface area (TPSA) is 38.9 Å². The third-order valence-electron chi connectivity index (χ3n) is 21.3. The Morgan fingerprint density at radius 3 is 0.756 bits per heavy atom. The second-order valence-corrected chi connectivity index (χ2v) is 30.2. The molecule has 21 rings (SSSR count). The van der Waals surface area contributed by atoms with Crippen LogP contribution in [0.5, 0.6) is 0 Å². The predicted molar refractivity (Wildman–Crippen MR) is 468 cm³/mol. The number of benzene rings is 13. The van der Waals surface area contributed by atoms with Crippen molar-refractivity contribution in [3.05, 3.63) is 473 Å². The van der Waals surface area contributed by atoms with Gasteiger partial charge in [0.15, 0.2) is 0 Å². The van der Waals surface area contributed by atoms with Crippen LogP contribution >= 0.6 is 0 Å². The van der Waals surface area contributed by atoms with Crippen LogP contribution in [-0.2, 0) is 129 Å². The van der Waals surface area contributed by atoms with E-state index in [1.807, 2.05) is 66.6 Å². The smallest absolute Gasteiger partial charge is 0.511 e. The standard InChI is InChI=1S/C42H32N4.C34H28N4.C16H19N4.C12H9.3Pt/c1-3-11-35(12-4-1)37-21-31-19-32(22-37)26-44-30-46(42-18-10-8-16-40(42)44)28-34-20-33(23-38(24-34)36-13-5-2-6-14-36)27-45-29-43(25-31)39-15-7-9-17-41(39)45;1-3-7-31(8-4-1)33-17-27-15-28(18-33)22-36-12-14-38(26-36)24-30-16-29(23-37-13-11-35(21-27)25-37)19-34(20-30)32-9-5-2-6-10-32;1-17-6-8-19(13-17)11-15-4-3-5-16(10-15)12-20-9-7-18(2)14-20;1-3-7-11(8-4-1)12-9-5-2-6-10-12;;;/h1-18,21-24,29-30H,25-28H2;1-14,17-20,25-26H,21-24H2;3-9,13-14H,11-12H2,1-2H3;1,3-10H;;;/q2*-4;-3;-1;3*+4. The van der Waals surface area contributed by atoms with Gasteiger partial charge in [0.25, 0.3) is 0 Å². The van der Waals surface area contributed by atoms with E-state index in [-0.39, 0.29) is 63.2 Å². The van der Waals surface area contributed by atoms with Crippen molar-refractivity contribution in [1.82, 2.24) is 39.2 Å². The molecular weight excluding hydrogens is 2000 g/mol. The van der Waals surface area contributed by atoms with E-state index < -0.39 is 0 Å². The first-order valence-electron chi connectivity index (χ1n) is 39.6. The summed E-state index contributed by atoms with van der Waals surface area (Å²) in [6.45, 7) is 20.8. The maximum Gasteiger partial charge on any atom is 4.00 e. The van der Waals surface area contributed by atoms with Gasteiger partial charge < -0.3 is 58.8 Å². The largest absolute Gasteiger partial charge is 4.00 e. The van der Waals surface area contributed by atoms with E-state index in [2.05, 4.69) is 423 Å². The average Bonchev–Trinajstić information content (AvgIpc) is 1.65. The van der Waals surface area contributed by atoms with Crippen LogP contribution in [0.3, 0.4) is 0 Å². The summed E-state index contributed by atoms with van der Waals surface area (Å²) < 4.78 is 0. The summed E-state index contributed by atoms with van der Waals surface area (Å²) in [5.74, 6) is 0. The van der Waals surface area contributed by atoms with Gasteiger partial charge in [-0.05, 0) is 181 Å². The molecule has 15 heteroatoms. The minimum atomic E-state index is 0. The van der Waals surface area contributed by atoms with Crippen LogP contribution in [0.15, 0.2) is 341 Å². The van der Waals surface area contributed by atoms with Crippen molar-refractivity contribution in [3.63, 3.8) is 0 Å². The SMILES string of the molecule is CN1C=CN(Cc2[c-]c(CN3C=CN(C)[CH-]3)ccc2)[CH-]1.[Pt+4].[Pt+4].[Pt+4].[c-]1c2cc(-c3ccccc3)cc1CN1C=CN([CH-]1)Cc1[c-]c(cc(-c3ccccc3)c1)CN1C=CN([CH-]1)C2.[c-]1c2cc(-c3ccccc3)cc1CN1[CH-]N(Cc3[c-]c(cc(-c4ccccc4)c3)CN3[CH-]N(C2)c2ccccc23)c2ccccc21.[c-]1ccc(-c2ccccc2)cc1. The van der Waals surface area contributed by atoms with Crippen molar-refractivity contribution in [2.45, 2.75) is 65.4 Å². The molecule has 0 atom stereocenters. The van der Waals surface area contributed by atoms with Gasteiger partial charge in [0.2, 0.25) is 0 Å². The number of nitrogens with zero attached hydrogens (tertiary/aromatic N) is 12. The van der Waals surface area contributed by atoms with Gasteiger partial charge in [0.1, 0.15) is 0 Å². The third-order valence-corrected chi connectivity index (χ3v) is 21.3. The number of fused-ring (bicyclic) bond motifs is 22. The molecule has 13 aromatic carbocycles. The normalized spacial score (nSPS) is 15.0. The minimum Gasteiger partial charge on any atom is -0.511 e. The molecule has 8 aliphatic heterocycles. The summed E-state index contributed by atoms with van der Waals surface area (Å²) in [4.78, 5) is 26.8. The van der Waals surface area contributed by atoms with Gasteiger partial charge in [-0.3, -0.25) is 0 Å². The Labute approximate surface area is 746 Å². The Morgan fingerprint density at radius 2 is 0.487 bits per heavy atom. The summed E-state index contributed by atoms with van der Waals surface area (Å²) >= 11 is 0. The molecule has 119 heavy (non-hydrogen) atoms. The van der Waals surface area contributed by atoms with Crippen molar-refractivity contribution in [2.24, 2.45) is 0 Å². The van der Waals surface area contributed by atoms with Crippen LogP contribution in [0.2, 0.25) is 0 Å². The quantitative estimate of drug-likeness (QED) is 0.129. The molecule has 0 aromatic heterocycles. The summed E-state index contributed by atoms with van der Waals surface area (Å²) in [7, 11) is 4.06. The average molecular weight is 2090 g/mol. The molecule has 0 N–H and O–H groups in total. The fraction of sp³-hybridized carbons (Fsp3) is 0.115. The zero-order chi connectivity index (χ0) is 77.9. The molecule has 12 nitrogen and oxygen atoms in total. The molecule has 0 saturated heterocycles. The van der Waals surface area contributed by atoms with Crippen molar-refractivity contribution < 1.29 is 63.2 Å². The molecular formula is C104H88N12Pt3. The monoisotopic (exact) mass is 2090 g/mol. The molecule has 0 saturated carbocycles. The zero-order valence-electron chi connectivity index (χ0n) is 66.2. The maximum atomic E-state index is 3.83. The minimum absolute atomic E-state index is 0. The van der Waals surface area contributed by atoms with Crippen molar-refractivity contribution >= 4 is 22.7 Å². The molecule has 0 aliphatic carbocycles. The fourth-order valence-corrected chi connectivity index (χ4v) is 16.0. The molecule has 0 unspecified atom stereocenters. The van der Waals surface area contributed by atoms with Crippen LogP contribution in [0.4, 0.5) is 22.7 Å². The second kappa shape index (κ2) is 38.9. The van der Waals surface area contributed by atoms with Crippen LogP contribution < -0.4 is 19.6 Å². The first kappa shape index (κ1) is 82.6.